The molecule has 1 N–H and O–H groups in total. The topological polar surface area (TPSA) is 62.3 Å². The van der Waals surface area contributed by atoms with Crippen molar-refractivity contribution >= 4 is 23.3 Å². The molecule has 0 aromatic carbocycles. The normalized spacial score (nSPS) is 22.7. The van der Waals surface area contributed by atoms with Gasteiger partial charge >= 0.3 is 12.2 Å². The number of hydrogen-bond acceptors (Lipinski definition) is 4. The molecular weight excluding hydrogens is 331 g/mol. The van der Waals surface area contributed by atoms with Crippen molar-refractivity contribution in [3.8, 4) is 0 Å². The summed E-state index contributed by atoms with van der Waals surface area (Å²) in [4.78, 5) is 28.9. The van der Waals surface area contributed by atoms with Gasteiger partial charge in [0.15, 0.2) is 5.69 Å². The van der Waals surface area contributed by atoms with Crippen molar-refractivity contribution in [3.63, 3.8) is 0 Å². The Morgan fingerprint density at radius 3 is 2.26 bits per heavy atom. The van der Waals surface area contributed by atoms with E-state index >= 15 is 0 Å². The summed E-state index contributed by atoms with van der Waals surface area (Å²) in [7, 11) is 0. The van der Waals surface area contributed by atoms with Gasteiger partial charge in [-0.2, -0.15) is 13.2 Å². The average Bonchev–Trinajstić information content (AvgIpc) is 2.83. The highest BCUT2D eigenvalue weighted by molar-refractivity contribution is 7.11. The summed E-state index contributed by atoms with van der Waals surface area (Å²) in [5, 5.41) is 2.83. The third-order valence-electron chi connectivity index (χ3n) is 4.15. The molecule has 128 valence electrons. The van der Waals surface area contributed by atoms with Crippen LogP contribution >= 0.6 is 11.3 Å². The van der Waals surface area contributed by atoms with Gasteiger partial charge in [0, 0.05) is 0 Å². The molecule has 23 heavy (non-hydrogen) atoms. The second kappa shape index (κ2) is 5.19. The average molecular weight is 349 g/mol. The molecule has 0 spiro atoms. The smallest absolute Gasteiger partial charge is 0.323 e. The number of imide groups is 1. The summed E-state index contributed by atoms with van der Waals surface area (Å²) in [6.07, 6.45) is -4.62. The summed E-state index contributed by atoms with van der Waals surface area (Å²) in [5.41, 5.74) is -2.78. The Balaban J connectivity index is 2.36. The van der Waals surface area contributed by atoms with Gasteiger partial charge in [0.2, 0.25) is 0 Å². The quantitative estimate of drug-likeness (QED) is 0.833. The monoisotopic (exact) mass is 349 g/mol. The fraction of sp³-hybridized carbons (Fsp3) is 0.643. The molecule has 0 saturated carbocycles. The third-order valence-corrected chi connectivity index (χ3v) is 5.11. The Morgan fingerprint density at radius 2 is 1.83 bits per heavy atom. The van der Waals surface area contributed by atoms with Crippen LogP contribution in [0.1, 0.15) is 43.3 Å². The van der Waals surface area contributed by atoms with Crippen LogP contribution < -0.4 is 5.32 Å². The van der Waals surface area contributed by atoms with Crippen molar-refractivity contribution in [1.82, 2.24) is 15.2 Å². The zero-order chi connectivity index (χ0) is 17.8. The highest BCUT2D eigenvalue weighted by Crippen LogP contribution is 2.38. The Bertz CT molecular complexity index is 663. The molecule has 1 aliphatic rings. The zero-order valence-corrected chi connectivity index (χ0v) is 14.3. The first-order valence-electron chi connectivity index (χ1n) is 6.95. The van der Waals surface area contributed by atoms with E-state index in [4.69, 9.17) is 0 Å². The van der Waals surface area contributed by atoms with Crippen molar-refractivity contribution in [1.29, 1.82) is 0 Å². The largest absolute Gasteiger partial charge is 0.434 e. The number of hydrogen-bond donors (Lipinski definition) is 1. The molecule has 3 amide bonds. The Hall–Kier alpha value is -1.64. The minimum absolute atomic E-state index is 0.142. The zero-order valence-electron chi connectivity index (χ0n) is 13.5. The maximum atomic E-state index is 13.0. The third kappa shape index (κ3) is 2.93. The minimum Gasteiger partial charge on any atom is -0.323 e. The predicted octanol–water partition coefficient (Wildman–Crippen LogP) is 3.33. The van der Waals surface area contributed by atoms with Gasteiger partial charge in [-0.15, -0.1) is 11.3 Å². The summed E-state index contributed by atoms with van der Waals surface area (Å²) in [5.74, 6) is -0.533. The fourth-order valence-corrected chi connectivity index (χ4v) is 3.24. The van der Waals surface area contributed by atoms with Crippen LogP contribution in [0.5, 0.6) is 0 Å². The van der Waals surface area contributed by atoms with Gasteiger partial charge in [-0.25, -0.2) is 9.78 Å². The van der Waals surface area contributed by atoms with Gasteiger partial charge in [-0.1, -0.05) is 20.8 Å². The van der Waals surface area contributed by atoms with Crippen LogP contribution in [-0.2, 0) is 17.5 Å². The van der Waals surface area contributed by atoms with E-state index in [9.17, 15) is 22.8 Å². The molecule has 1 fully saturated rings. The predicted molar refractivity (Wildman–Crippen MR) is 78.8 cm³/mol. The van der Waals surface area contributed by atoms with Crippen molar-refractivity contribution in [3.05, 3.63) is 15.6 Å². The van der Waals surface area contributed by atoms with Crippen LogP contribution in [0.15, 0.2) is 0 Å². The molecule has 1 aromatic rings. The molecule has 0 aliphatic carbocycles. The Labute approximate surface area is 135 Å². The van der Waals surface area contributed by atoms with E-state index in [0.29, 0.717) is 0 Å². The number of alkyl halides is 3. The standard InChI is InChI=1S/C14H18F3N3O2S/c1-7-18-9(14(15,16)17)8(23-7)6-20-10(21)13(5,12(2,3)4)19-11(20)22/h6H2,1-5H3,(H,19,22)/t13-/m0/s1. The maximum absolute atomic E-state index is 13.0. The first-order chi connectivity index (χ1) is 10.3. The second-order valence-electron chi connectivity index (χ2n) is 6.70. The van der Waals surface area contributed by atoms with E-state index in [-0.39, 0.29) is 9.88 Å². The Kier molecular flexibility index (Phi) is 3.99. The summed E-state index contributed by atoms with van der Waals surface area (Å²) in [6.45, 7) is 7.95. The molecule has 2 heterocycles. The first kappa shape index (κ1) is 17.7. The lowest BCUT2D eigenvalue weighted by Crippen LogP contribution is -2.54. The van der Waals surface area contributed by atoms with Crippen LogP contribution in [0.25, 0.3) is 0 Å². The lowest BCUT2D eigenvalue weighted by atomic mass is 9.75. The molecular formula is C14H18F3N3O2S. The van der Waals surface area contributed by atoms with Crippen molar-refractivity contribution in [2.45, 2.75) is 52.9 Å². The molecule has 5 nitrogen and oxygen atoms in total. The molecule has 0 unspecified atom stereocenters. The van der Waals surface area contributed by atoms with Crippen molar-refractivity contribution < 1.29 is 22.8 Å². The summed E-state index contributed by atoms with van der Waals surface area (Å²) < 4.78 is 39.0. The molecule has 2 rings (SSSR count). The maximum Gasteiger partial charge on any atom is 0.434 e. The number of aryl methyl sites for hydroxylation is 1. The van der Waals surface area contributed by atoms with Crippen LogP contribution in [-0.4, -0.2) is 27.4 Å². The van der Waals surface area contributed by atoms with Crippen LogP contribution in [0.2, 0.25) is 0 Å². The number of nitrogens with zero attached hydrogens (tertiary/aromatic N) is 2. The van der Waals surface area contributed by atoms with Crippen LogP contribution in [0.4, 0.5) is 18.0 Å². The van der Waals surface area contributed by atoms with Crippen molar-refractivity contribution in [2.75, 3.05) is 0 Å². The lowest BCUT2D eigenvalue weighted by Gasteiger charge is -2.35. The number of rotatable bonds is 2. The molecule has 1 aromatic heterocycles. The van der Waals surface area contributed by atoms with Gasteiger partial charge in [0.1, 0.15) is 5.54 Å². The van der Waals surface area contributed by atoms with E-state index in [1.165, 1.54) is 6.92 Å². The molecule has 1 aliphatic heterocycles. The number of carbonyl (C=O) groups excluding carboxylic acids is 2. The molecule has 0 radical (unpaired) electrons. The number of amides is 3. The van der Waals surface area contributed by atoms with E-state index in [0.717, 1.165) is 16.2 Å². The molecule has 1 atom stereocenters. The van der Waals surface area contributed by atoms with Gasteiger partial charge in [-0.3, -0.25) is 9.69 Å². The Morgan fingerprint density at radius 1 is 1.26 bits per heavy atom. The van der Waals surface area contributed by atoms with E-state index in [2.05, 4.69) is 10.3 Å². The SMILES string of the molecule is Cc1nc(C(F)(F)F)c(CN2C(=O)N[C@](C)(C(C)(C)C)C2=O)s1. The highest BCUT2D eigenvalue weighted by Gasteiger charge is 2.55. The van der Waals surface area contributed by atoms with E-state index < -0.39 is 41.3 Å². The minimum atomic E-state index is -4.62. The highest BCUT2D eigenvalue weighted by atomic mass is 32.1. The first-order valence-corrected chi connectivity index (χ1v) is 7.76. The van der Waals surface area contributed by atoms with Crippen LogP contribution in [0, 0.1) is 12.3 Å². The van der Waals surface area contributed by atoms with Gasteiger partial charge in [-0.05, 0) is 19.3 Å². The number of thiazole rings is 1. The molecule has 9 heteroatoms. The second-order valence-corrected chi connectivity index (χ2v) is 7.99. The summed E-state index contributed by atoms with van der Waals surface area (Å²) in [6, 6.07) is -0.688. The van der Waals surface area contributed by atoms with Gasteiger partial charge < -0.3 is 5.32 Å². The van der Waals surface area contributed by atoms with Crippen molar-refractivity contribution in [2.24, 2.45) is 5.41 Å². The number of nitrogens with one attached hydrogen (secondary N) is 1. The molecule has 1 saturated heterocycles. The van der Waals surface area contributed by atoms with Gasteiger partial charge in [0.05, 0.1) is 16.4 Å². The summed E-state index contributed by atoms with van der Waals surface area (Å²) >= 11 is 0.835. The fourth-order valence-electron chi connectivity index (χ4n) is 2.29. The van der Waals surface area contributed by atoms with E-state index in [1.54, 1.807) is 27.7 Å². The number of carbonyl (C=O) groups is 2. The molecule has 0 bridgehead atoms. The number of halogens is 3. The van der Waals surface area contributed by atoms with Gasteiger partial charge in [0.25, 0.3) is 5.91 Å². The number of aromatic nitrogens is 1. The van der Waals surface area contributed by atoms with E-state index in [1.807, 2.05) is 0 Å². The lowest BCUT2D eigenvalue weighted by molar-refractivity contribution is -0.142. The van der Waals surface area contributed by atoms with Crippen LogP contribution in [0.3, 0.4) is 0 Å². The number of urea groups is 1.